The van der Waals surface area contributed by atoms with Crippen LogP contribution in [-0.4, -0.2) is 25.0 Å². The Labute approximate surface area is 51.8 Å². The summed E-state index contributed by atoms with van der Waals surface area (Å²) in [6, 6.07) is 0. The fourth-order valence-electron chi connectivity index (χ4n) is 0.250. The van der Waals surface area contributed by atoms with Crippen LogP contribution in [0.4, 0.5) is 0 Å². The van der Waals surface area contributed by atoms with E-state index in [1.807, 2.05) is 0 Å². The van der Waals surface area contributed by atoms with Gasteiger partial charge in [-0.25, -0.2) is 4.13 Å². The third kappa shape index (κ3) is 6.66. The van der Waals surface area contributed by atoms with Crippen molar-refractivity contribution in [1.29, 1.82) is 0 Å². The summed E-state index contributed by atoms with van der Waals surface area (Å²) in [5.41, 5.74) is 0. The van der Waals surface area contributed by atoms with E-state index >= 15 is 0 Å². The number of rotatable bonds is 2. The van der Waals surface area contributed by atoms with Gasteiger partial charge in [-0.2, -0.15) is 10.2 Å². The van der Waals surface area contributed by atoms with Crippen LogP contribution in [-0.2, 0) is 0 Å². The lowest BCUT2D eigenvalue weighted by Gasteiger charge is -2.24. The highest BCUT2D eigenvalue weighted by Crippen LogP contribution is 2.30. The van der Waals surface area contributed by atoms with E-state index in [4.69, 9.17) is 0 Å². The Morgan fingerprint density at radius 3 is 1.71 bits per heavy atom. The molecule has 0 rings (SSSR count). The fourth-order valence-corrected chi connectivity index (χ4v) is 2.25. The molecule has 46 valence electrons. The number of hydrogen-bond acceptors (Lipinski definition) is 2. The predicted molar refractivity (Wildman–Crippen MR) is 42.0 cm³/mol. The molecular weight excluding hydrogens is 126 g/mol. The number of hydrogen-bond donors (Lipinski definition) is 1. The van der Waals surface area contributed by atoms with E-state index in [9.17, 15) is 0 Å². The molecule has 0 saturated heterocycles. The molecule has 0 aromatic heterocycles. The zero-order valence-electron chi connectivity index (χ0n) is 5.32. The van der Waals surface area contributed by atoms with Crippen molar-refractivity contribution in [2.45, 2.75) is 0 Å². The number of nitrogens with one attached hydrogen (secondary N) is 1. The smallest absolute Gasteiger partial charge is 0.00296 e. The van der Waals surface area contributed by atoms with Gasteiger partial charge in [0.2, 0.25) is 0 Å². The molecular formula is C4H13NS2. The van der Waals surface area contributed by atoms with Crippen LogP contribution in [0.25, 0.3) is 0 Å². The molecule has 0 spiro atoms. The van der Waals surface area contributed by atoms with Crippen LogP contribution in [0.1, 0.15) is 0 Å². The minimum atomic E-state index is -0.461. The Balaban J connectivity index is 3.15. The van der Waals surface area contributed by atoms with Crippen molar-refractivity contribution in [3.8, 4) is 0 Å². The average molecular weight is 139 g/mol. The van der Waals surface area contributed by atoms with Gasteiger partial charge in [0.05, 0.1) is 0 Å². The van der Waals surface area contributed by atoms with Gasteiger partial charge in [-0.05, 0) is 25.0 Å². The first-order valence-electron chi connectivity index (χ1n) is 2.04. The topological polar surface area (TPSA) is 12.0 Å². The van der Waals surface area contributed by atoms with Crippen molar-refractivity contribution < 1.29 is 0 Å². The maximum absolute atomic E-state index is 3.28. The van der Waals surface area contributed by atoms with Crippen molar-refractivity contribution in [1.82, 2.24) is 4.13 Å². The molecule has 0 aromatic rings. The summed E-state index contributed by atoms with van der Waals surface area (Å²) >= 11 is 1.70. The molecule has 1 N–H and O–H groups in total. The van der Waals surface area contributed by atoms with Gasteiger partial charge in [0.1, 0.15) is 0 Å². The summed E-state index contributed by atoms with van der Waals surface area (Å²) in [6.45, 7) is 0. The normalized spacial score (nSPS) is 14.3. The molecule has 0 unspecified atom stereocenters. The summed E-state index contributed by atoms with van der Waals surface area (Å²) in [5, 5.41) is 0. The monoisotopic (exact) mass is 139 g/mol. The van der Waals surface area contributed by atoms with Crippen LogP contribution in [0.3, 0.4) is 0 Å². The minimum absolute atomic E-state index is 0.461. The zero-order valence-corrected chi connectivity index (χ0v) is 6.95. The maximum Gasteiger partial charge on any atom is -0.00296 e. The fraction of sp³-hybridized carbons (Fsp3) is 1.00. The van der Waals surface area contributed by atoms with Crippen molar-refractivity contribution in [3.63, 3.8) is 0 Å². The van der Waals surface area contributed by atoms with Crippen molar-refractivity contribution in [2.75, 3.05) is 25.0 Å². The van der Waals surface area contributed by atoms with E-state index in [1.165, 1.54) is 0 Å². The van der Waals surface area contributed by atoms with Gasteiger partial charge in [-0.15, -0.1) is 0 Å². The second kappa shape index (κ2) is 2.84. The van der Waals surface area contributed by atoms with Crippen LogP contribution in [0, 0.1) is 0 Å². The molecule has 0 heterocycles. The third-order valence-electron chi connectivity index (χ3n) is 0.333. The first-order chi connectivity index (χ1) is 3.06. The van der Waals surface area contributed by atoms with Crippen LogP contribution in [0.5, 0.6) is 0 Å². The van der Waals surface area contributed by atoms with Gasteiger partial charge in [0.25, 0.3) is 0 Å². The highest BCUT2D eigenvalue weighted by atomic mass is 32.3. The van der Waals surface area contributed by atoms with Crippen LogP contribution >= 0.6 is 22.2 Å². The van der Waals surface area contributed by atoms with Crippen LogP contribution in [0.2, 0.25) is 0 Å². The van der Waals surface area contributed by atoms with Gasteiger partial charge < -0.3 is 0 Å². The first-order valence-corrected chi connectivity index (χ1v) is 6.12. The average Bonchev–Trinajstić information content (AvgIpc) is 1.30. The van der Waals surface area contributed by atoms with Crippen LogP contribution < -0.4 is 4.13 Å². The van der Waals surface area contributed by atoms with Gasteiger partial charge in [0, 0.05) is 0 Å². The van der Waals surface area contributed by atoms with Gasteiger partial charge >= 0.3 is 0 Å². The Hall–Kier alpha value is 0.660. The second-order valence-corrected chi connectivity index (χ2v) is 6.87. The lowest BCUT2D eigenvalue weighted by atomic mass is 11.9. The first kappa shape index (κ1) is 7.66. The second-order valence-electron chi connectivity index (χ2n) is 2.12. The molecule has 0 aliphatic rings. The lowest BCUT2D eigenvalue weighted by molar-refractivity contribution is 1.66. The Bertz CT molecular complexity index is 48.1. The van der Waals surface area contributed by atoms with Gasteiger partial charge in [-0.3, -0.25) is 0 Å². The largest absolute Gasteiger partial charge is 0.227 e. The lowest BCUT2D eigenvalue weighted by Crippen LogP contribution is -2.07. The molecule has 0 aromatic carbocycles. The quantitative estimate of drug-likeness (QED) is 0.581. The molecule has 0 aliphatic carbocycles. The summed E-state index contributed by atoms with van der Waals surface area (Å²) in [4.78, 5) is 0. The third-order valence-corrected chi connectivity index (χ3v) is 3.00. The summed E-state index contributed by atoms with van der Waals surface area (Å²) in [7, 11) is -0.461. The molecule has 0 saturated carbocycles. The molecule has 3 heteroatoms. The van der Waals surface area contributed by atoms with E-state index in [-0.39, 0.29) is 0 Å². The molecule has 0 aliphatic heterocycles. The molecule has 0 atom stereocenters. The van der Waals surface area contributed by atoms with Crippen molar-refractivity contribution in [3.05, 3.63) is 0 Å². The summed E-state index contributed by atoms with van der Waals surface area (Å²) < 4.78 is 3.28. The molecule has 1 nitrogen and oxygen atoms in total. The Kier molecular flexibility index (Phi) is 3.11. The van der Waals surface area contributed by atoms with Gasteiger partial charge in [0.15, 0.2) is 0 Å². The Morgan fingerprint density at radius 1 is 1.29 bits per heavy atom. The molecule has 0 radical (unpaired) electrons. The summed E-state index contributed by atoms with van der Waals surface area (Å²) in [5.74, 6) is 0. The zero-order chi connectivity index (χ0) is 5.91. The van der Waals surface area contributed by atoms with E-state index in [1.54, 1.807) is 11.9 Å². The van der Waals surface area contributed by atoms with E-state index in [0.717, 1.165) is 0 Å². The highest BCUT2D eigenvalue weighted by Gasteiger charge is 1.97. The summed E-state index contributed by atoms with van der Waals surface area (Å²) in [6.07, 6.45) is 8.73. The highest BCUT2D eigenvalue weighted by molar-refractivity contribution is 8.35. The van der Waals surface area contributed by atoms with E-state index < -0.39 is 10.2 Å². The van der Waals surface area contributed by atoms with Crippen LogP contribution in [0.15, 0.2) is 0 Å². The SMILES string of the molecule is CSNS(C)(C)C. The molecule has 0 bridgehead atoms. The van der Waals surface area contributed by atoms with Gasteiger partial charge in [-0.1, -0.05) is 11.9 Å². The van der Waals surface area contributed by atoms with Crippen molar-refractivity contribution in [2.24, 2.45) is 0 Å². The minimum Gasteiger partial charge on any atom is -0.227 e. The standard InChI is InChI=1S/C4H13NS2/c1-6-5-7(2,3)4/h5H,1-4H3. The van der Waals surface area contributed by atoms with E-state index in [0.29, 0.717) is 0 Å². The Morgan fingerprint density at radius 2 is 1.71 bits per heavy atom. The maximum atomic E-state index is 3.28. The van der Waals surface area contributed by atoms with E-state index in [2.05, 4.69) is 29.2 Å². The predicted octanol–water partition coefficient (Wildman–Crippen LogP) is 1.46. The molecule has 7 heavy (non-hydrogen) atoms. The molecule has 0 amide bonds. The van der Waals surface area contributed by atoms with Crippen molar-refractivity contribution >= 4 is 22.2 Å². The molecule has 0 fully saturated rings.